The lowest BCUT2D eigenvalue weighted by molar-refractivity contribution is -0.178. The lowest BCUT2D eigenvalue weighted by Gasteiger charge is -2.21. The summed E-state index contributed by atoms with van der Waals surface area (Å²) in [6.45, 7) is 4.83. The van der Waals surface area contributed by atoms with E-state index in [9.17, 15) is 4.79 Å². The summed E-state index contributed by atoms with van der Waals surface area (Å²) in [6.07, 6.45) is 1.79. The standard InChI is InChI=1S/C14H19NO2/c1-3-12-13(4-2)15(17-14(12)16)10-11-8-6-5-7-9-11/h5-9,12-13H,3-4,10H2,1-2H3/t12-,13-/m1/s1. The molecular weight excluding hydrogens is 214 g/mol. The van der Waals surface area contributed by atoms with Crippen molar-refractivity contribution in [3.8, 4) is 0 Å². The summed E-state index contributed by atoms with van der Waals surface area (Å²) >= 11 is 0. The summed E-state index contributed by atoms with van der Waals surface area (Å²) < 4.78 is 0. The second-order valence-electron chi connectivity index (χ2n) is 4.46. The van der Waals surface area contributed by atoms with Gasteiger partial charge < -0.3 is 4.84 Å². The number of nitrogens with zero attached hydrogens (tertiary/aromatic N) is 1. The zero-order valence-corrected chi connectivity index (χ0v) is 10.4. The van der Waals surface area contributed by atoms with E-state index < -0.39 is 0 Å². The van der Waals surface area contributed by atoms with Crippen LogP contribution in [0.4, 0.5) is 0 Å². The molecule has 0 amide bonds. The van der Waals surface area contributed by atoms with Gasteiger partial charge in [0.15, 0.2) is 0 Å². The molecule has 0 radical (unpaired) electrons. The van der Waals surface area contributed by atoms with Gasteiger partial charge in [0.2, 0.25) is 0 Å². The number of carbonyl (C=O) groups excluding carboxylic acids is 1. The molecule has 3 nitrogen and oxygen atoms in total. The highest BCUT2D eigenvalue weighted by molar-refractivity contribution is 5.74. The molecule has 1 saturated heterocycles. The van der Waals surface area contributed by atoms with Gasteiger partial charge in [-0.25, -0.2) is 4.79 Å². The van der Waals surface area contributed by atoms with Crippen molar-refractivity contribution in [2.45, 2.75) is 39.3 Å². The van der Waals surface area contributed by atoms with Crippen molar-refractivity contribution in [1.82, 2.24) is 5.06 Å². The van der Waals surface area contributed by atoms with E-state index in [0.29, 0.717) is 6.54 Å². The Kier molecular flexibility index (Phi) is 3.79. The number of carbonyl (C=O) groups is 1. The first-order valence-corrected chi connectivity index (χ1v) is 6.28. The van der Waals surface area contributed by atoms with Crippen molar-refractivity contribution in [3.05, 3.63) is 35.9 Å². The summed E-state index contributed by atoms with van der Waals surface area (Å²) in [5.74, 6) is -0.0426. The first-order valence-electron chi connectivity index (χ1n) is 6.28. The molecule has 1 aromatic rings. The van der Waals surface area contributed by atoms with Gasteiger partial charge in [-0.2, -0.15) is 0 Å². The Balaban J connectivity index is 2.09. The fourth-order valence-electron chi connectivity index (χ4n) is 2.45. The predicted molar refractivity (Wildman–Crippen MR) is 65.9 cm³/mol. The molecule has 0 spiro atoms. The summed E-state index contributed by atoms with van der Waals surface area (Å²) in [5, 5.41) is 1.84. The Morgan fingerprint density at radius 1 is 1.18 bits per heavy atom. The van der Waals surface area contributed by atoms with E-state index in [1.54, 1.807) is 0 Å². The van der Waals surface area contributed by atoms with Gasteiger partial charge in [-0.1, -0.05) is 44.2 Å². The second-order valence-corrected chi connectivity index (χ2v) is 4.46. The first kappa shape index (κ1) is 12.1. The van der Waals surface area contributed by atoms with E-state index in [1.165, 1.54) is 5.56 Å². The average molecular weight is 233 g/mol. The van der Waals surface area contributed by atoms with Crippen molar-refractivity contribution in [2.75, 3.05) is 0 Å². The third-order valence-electron chi connectivity index (χ3n) is 3.38. The molecule has 0 saturated carbocycles. The number of rotatable bonds is 4. The fourth-order valence-corrected chi connectivity index (χ4v) is 2.45. The number of benzene rings is 1. The minimum atomic E-state index is -0.0738. The van der Waals surface area contributed by atoms with Gasteiger partial charge in [0, 0.05) is 0 Å². The Bertz CT molecular complexity index is 377. The minimum Gasteiger partial charge on any atom is -0.367 e. The average Bonchev–Trinajstić information content (AvgIpc) is 2.65. The summed E-state index contributed by atoms with van der Waals surface area (Å²) in [5.41, 5.74) is 1.18. The Morgan fingerprint density at radius 3 is 2.47 bits per heavy atom. The monoisotopic (exact) mass is 233 g/mol. The molecule has 3 heteroatoms. The van der Waals surface area contributed by atoms with Crippen LogP contribution >= 0.6 is 0 Å². The van der Waals surface area contributed by atoms with Gasteiger partial charge in [-0.05, 0) is 18.4 Å². The van der Waals surface area contributed by atoms with E-state index >= 15 is 0 Å². The van der Waals surface area contributed by atoms with Gasteiger partial charge in [-0.3, -0.25) is 0 Å². The normalized spacial score (nSPS) is 24.9. The van der Waals surface area contributed by atoms with E-state index in [1.807, 2.05) is 30.2 Å². The van der Waals surface area contributed by atoms with Crippen LogP contribution in [-0.2, 0) is 16.2 Å². The van der Waals surface area contributed by atoms with E-state index in [4.69, 9.17) is 4.84 Å². The molecular formula is C14H19NO2. The van der Waals surface area contributed by atoms with E-state index in [-0.39, 0.29) is 17.9 Å². The maximum Gasteiger partial charge on any atom is 0.329 e. The molecule has 1 heterocycles. The van der Waals surface area contributed by atoms with Gasteiger partial charge >= 0.3 is 5.97 Å². The maximum absolute atomic E-state index is 11.7. The van der Waals surface area contributed by atoms with Crippen LogP contribution in [0.25, 0.3) is 0 Å². The predicted octanol–water partition coefficient (Wildman–Crippen LogP) is 2.77. The molecule has 2 atom stereocenters. The molecule has 0 bridgehead atoms. The van der Waals surface area contributed by atoms with Crippen LogP contribution in [0, 0.1) is 5.92 Å². The Morgan fingerprint density at radius 2 is 1.88 bits per heavy atom. The quantitative estimate of drug-likeness (QED) is 0.801. The summed E-state index contributed by atoms with van der Waals surface area (Å²) in [7, 11) is 0. The van der Waals surface area contributed by atoms with Gasteiger partial charge in [0.05, 0.1) is 18.5 Å². The maximum atomic E-state index is 11.7. The summed E-state index contributed by atoms with van der Waals surface area (Å²) in [6, 6.07) is 10.3. The van der Waals surface area contributed by atoms with Gasteiger partial charge in [0.25, 0.3) is 0 Å². The lowest BCUT2D eigenvalue weighted by atomic mass is 9.96. The molecule has 1 fully saturated rings. The highest BCUT2D eigenvalue weighted by atomic mass is 16.7. The number of hydrogen-bond donors (Lipinski definition) is 0. The number of hydrogen-bond acceptors (Lipinski definition) is 3. The van der Waals surface area contributed by atoms with Crippen molar-refractivity contribution >= 4 is 5.97 Å². The molecule has 0 aromatic heterocycles. The molecule has 1 aliphatic heterocycles. The molecule has 0 aliphatic carbocycles. The topological polar surface area (TPSA) is 29.5 Å². The van der Waals surface area contributed by atoms with E-state index in [2.05, 4.69) is 19.1 Å². The second kappa shape index (κ2) is 5.32. The lowest BCUT2D eigenvalue weighted by Crippen LogP contribution is -2.30. The molecule has 2 rings (SSSR count). The third-order valence-corrected chi connectivity index (χ3v) is 3.38. The fraction of sp³-hybridized carbons (Fsp3) is 0.500. The molecule has 1 aliphatic rings. The van der Waals surface area contributed by atoms with Crippen LogP contribution in [0.3, 0.4) is 0 Å². The van der Waals surface area contributed by atoms with Gasteiger partial charge in [0.1, 0.15) is 0 Å². The molecule has 92 valence electrons. The number of hydroxylamine groups is 2. The van der Waals surface area contributed by atoms with E-state index in [0.717, 1.165) is 12.8 Å². The van der Waals surface area contributed by atoms with Gasteiger partial charge in [-0.15, -0.1) is 5.06 Å². The largest absolute Gasteiger partial charge is 0.367 e. The highest BCUT2D eigenvalue weighted by Crippen LogP contribution is 2.29. The third kappa shape index (κ3) is 2.50. The van der Waals surface area contributed by atoms with Crippen LogP contribution in [0.5, 0.6) is 0 Å². The molecule has 17 heavy (non-hydrogen) atoms. The minimum absolute atomic E-state index is 0.0312. The van der Waals surface area contributed by atoms with Crippen LogP contribution in [0.1, 0.15) is 32.3 Å². The highest BCUT2D eigenvalue weighted by Gasteiger charge is 2.40. The van der Waals surface area contributed by atoms with Crippen LogP contribution in [0.2, 0.25) is 0 Å². The van der Waals surface area contributed by atoms with Crippen LogP contribution in [-0.4, -0.2) is 17.1 Å². The summed E-state index contributed by atoms with van der Waals surface area (Å²) in [4.78, 5) is 17.1. The molecule has 0 N–H and O–H groups in total. The molecule has 1 aromatic carbocycles. The van der Waals surface area contributed by atoms with Crippen molar-refractivity contribution in [3.63, 3.8) is 0 Å². The van der Waals surface area contributed by atoms with Crippen molar-refractivity contribution in [2.24, 2.45) is 5.92 Å². The van der Waals surface area contributed by atoms with Crippen molar-refractivity contribution < 1.29 is 9.63 Å². The zero-order chi connectivity index (χ0) is 12.3. The Hall–Kier alpha value is -1.35. The van der Waals surface area contributed by atoms with Crippen LogP contribution in [0.15, 0.2) is 30.3 Å². The molecule has 0 unspecified atom stereocenters. The SMILES string of the molecule is CC[C@@H]1[C@@H](CC)C(=O)ON1Cc1ccccc1. The first-order chi connectivity index (χ1) is 8.26. The zero-order valence-electron chi connectivity index (χ0n) is 10.4. The van der Waals surface area contributed by atoms with Crippen molar-refractivity contribution in [1.29, 1.82) is 0 Å². The Labute approximate surface area is 102 Å². The smallest absolute Gasteiger partial charge is 0.329 e. The van der Waals surface area contributed by atoms with Crippen LogP contribution < -0.4 is 0 Å².